The van der Waals surface area contributed by atoms with Crippen LogP contribution in [0.3, 0.4) is 0 Å². The number of nitrogens with zero attached hydrogens (tertiary/aromatic N) is 7. The lowest BCUT2D eigenvalue weighted by atomic mass is 10.1. The van der Waals surface area contributed by atoms with Crippen molar-refractivity contribution in [3.63, 3.8) is 0 Å². The first-order valence-electron chi connectivity index (χ1n) is 10.8. The molecule has 176 valence electrons. The van der Waals surface area contributed by atoms with Crippen LogP contribution < -0.4 is 10.6 Å². The van der Waals surface area contributed by atoms with Gasteiger partial charge in [0.05, 0.1) is 12.6 Å². The molecule has 0 bridgehead atoms. The van der Waals surface area contributed by atoms with Gasteiger partial charge in [-0.15, -0.1) is 0 Å². The number of amides is 1. The molecule has 0 aliphatic carbocycles. The number of benzene rings is 1. The molecule has 1 aliphatic rings. The lowest BCUT2D eigenvalue weighted by Crippen LogP contribution is -2.30. The highest BCUT2D eigenvalue weighted by molar-refractivity contribution is 6.30. The Bertz CT molecular complexity index is 1200. The van der Waals surface area contributed by atoms with E-state index in [1.165, 1.54) is 6.33 Å². The summed E-state index contributed by atoms with van der Waals surface area (Å²) in [5.41, 5.74) is 10.5. The Morgan fingerprint density at radius 1 is 1.38 bits per heavy atom. The van der Waals surface area contributed by atoms with Crippen molar-refractivity contribution in [1.29, 1.82) is 0 Å². The monoisotopic (exact) mass is 481 g/mol. The molecular formula is C22H24ClN9O2. The molecule has 4 rings (SSSR count). The number of hydrogen-bond donors (Lipinski definition) is 2. The zero-order valence-corrected chi connectivity index (χ0v) is 19.3. The second-order valence-electron chi connectivity index (χ2n) is 7.89. The van der Waals surface area contributed by atoms with Crippen LogP contribution in [0.5, 0.6) is 0 Å². The van der Waals surface area contributed by atoms with Gasteiger partial charge in [0.25, 0.3) is 5.91 Å². The summed E-state index contributed by atoms with van der Waals surface area (Å²) in [4.78, 5) is 29.0. The van der Waals surface area contributed by atoms with Gasteiger partial charge in [0.2, 0.25) is 5.95 Å². The fraction of sp³-hybridized carbons (Fsp3) is 0.364. The summed E-state index contributed by atoms with van der Waals surface area (Å²) in [5.74, 6) is 0.725. The molecule has 2 aromatic heterocycles. The van der Waals surface area contributed by atoms with E-state index in [1.54, 1.807) is 41.2 Å². The Morgan fingerprint density at radius 3 is 2.97 bits per heavy atom. The van der Waals surface area contributed by atoms with Crippen LogP contribution >= 0.6 is 11.6 Å². The molecule has 2 N–H and O–H groups in total. The van der Waals surface area contributed by atoms with Crippen molar-refractivity contribution >= 4 is 23.5 Å². The molecular weight excluding hydrogens is 458 g/mol. The quantitative estimate of drug-likeness (QED) is 0.283. The maximum absolute atomic E-state index is 12.9. The van der Waals surface area contributed by atoms with E-state index in [9.17, 15) is 4.79 Å². The van der Waals surface area contributed by atoms with Gasteiger partial charge in [0.15, 0.2) is 0 Å². The minimum atomic E-state index is -0.552. The Hall–Kier alpha value is -3.66. The number of rotatable bonds is 8. The number of imidazole rings is 1. The molecule has 11 nitrogen and oxygen atoms in total. The number of aryl methyl sites for hydroxylation is 1. The van der Waals surface area contributed by atoms with E-state index in [2.05, 4.69) is 35.6 Å². The zero-order chi connectivity index (χ0) is 23.9. The molecule has 0 saturated carbocycles. The molecule has 0 radical (unpaired) electrons. The van der Waals surface area contributed by atoms with Crippen LogP contribution in [0.25, 0.3) is 16.3 Å². The summed E-state index contributed by atoms with van der Waals surface area (Å²) in [6.07, 6.45) is 6.66. The van der Waals surface area contributed by atoms with Crippen molar-refractivity contribution < 1.29 is 9.53 Å². The van der Waals surface area contributed by atoms with E-state index in [1.807, 2.05) is 6.92 Å². The predicted molar refractivity (Wildman–Crippen MR) is 127 cm³/mol. The van der Waals surface area contributed by atoms with Crippen LogP contribution in [0.1, 0.15) is 40.5 Å². The largest absolute Gasteiger partial charge is 0.381 e. The van der Waals surface area contributed by atoms with Crippen LogP contribution in [-0.2, 0) is 4.74 Å². The highest BCUT2D eigenvalue weighted by Crippen LogP contribution is 2.20. The minimum Gasteiger partial charge on any atom is -0.381 e. The predicted octanol–water partition coefficient (Wildman–Crippen LogP) is 4.00. The van der Waals surface area contributed by atoms with E-state index in [0.717, 1.165) is 24.0 Å². The summed E-state index contributed by atoms with van der Waals surface area (Å²) in [6, 6.07) is 6.73. The smallest absolute Gasteiger partial charge is 0.271 e. The summed E-state index contributed by atoms with van der Waals surface area (Å²) in [7, 11) is 0. The zero-order valence-electron chi connectivity index (χ0n) is 18.6. The number of ether oxygens (including phenoxy) is 1. The second-order valence-corrected chi connectivity index (χ2v) is 8.33. The fourth-order valence-electron chi connectivity index (χ4n) is 3.65. The van der Waals surface area contributed by atoms with Crippen molar-refractivity contribution in [3.05, 3.63) is 75.3 Å². The number of anilines is 1. The SMILES string of the molecule is Cc1cnc(NC2CCOCC2)nc1-n1cnc(C(=O)NC(CN=[N+]=[N-])c2cccc(Cl)c2)c1. The molecule has 12 heteroatoms. The first-order chi connectivity index (χ1) is 16.5. The van der Waals surface area contributed by atoms with Gasteiger partial charge in [-0.2, -0.15) is 4.98 Å². The van der Waals surface area contributed by atoms with E-state index in [-0.39, 0.29) is 18.3 Å². The van der Waals surface area contributed by atoms with Crippen LogP contribution in [0.2, 0.25) is 5.02 Å². The van der Waals surface area contributed by atoms with Crippen LogP contribution in [-0.4, -0.2) is 51.2 Å². The van der Waals surface area contributed by atoms with E-state index in [0.29, 0.717) is 30.0 Å². The third-order valence-electron chi connectivity index (χ3n) is 5.44. The third kappa shape index (κ3) is 5.82. The standard InChI is InChI=1S/C22H24ClN9O2/c1-14-10-25-22(28-17-5-7-34-8-6-17)30-20(14)32-12-19(26-13-32)21(33)29-18(11-27-31-24)15-3-2-4-16(23)9-15/h2-4,9-10,12-13,17-18H,5-8,11H2,1H3,(H,29,33)(H,25,28,30). The van der Waals surface area contributed by atoms with Crippen molar-refractivity contribution in [1.82, 2.24) is 24.8 Å². The van der Waals surface area contributed by atoms with Crippen molar-refractivity contribution in [3.8, 4) is 5.82 Å². The van der Waals surface area contributed by atoms with Crippen LogP contribution in [0.15, 0.2) is 48.1 Å². The molecule has 3 aromatic rings. The number of carbonyl (C=O) groups excluding carboxylic acids is 1. The maximum atomic E-state index is 12.9. The minimum absolute atomic E-state index is 0.0372. The Kier molecular flexibility index (Phi) is 7.58. The van der Waals surface area contributed by atoms with Crippen molar-refractivity contribution in [2.24, 2.45) is 5.11 Å². The molecule has 1 unspecified atom stereocenters. The van der Waals surface area contributed by atoms with E-state index in [4.69, 9.17) is 21.9 Å². The molecule has 34 heavy (non-hydrogen) atoms. The van der Waals surface area contributed by atoms with Gasteiger partial charge in [-0.25, -0.2) is 9.97 Å². The Balaban J connectivity index is 1.51. The van der Waals surface area contributed by atoms with Gasteiger partial charge >= 0.3 is 0 Å². The molecule has 0 spiro atoms. The van der Waals surface area contributed by atoms with Crippen LogP contribution in [0, 0.1) is 6.92 Å². The average Bonchev–Trinajstić information content (AvgIpc) is 3.34. The average molecular weight is 482 g/mol. The molecule has 1 aliphatic heterocycles. The number of azide groups is 1. The highest BCUT2D eigenvalue weighted by atomic mass is 35.5. The van der Waals surface area contributed by atoms with Gasteiger partial charge in [-0.05, 0) is 43.0 Å². The van der Waals surface area contributed by atoms with Gasteiger partial charge in [0, 0.05) is 47.1 Å². The maximum Gasteiger partial charge on any atom is 0.271 e. The second kappa shape index (κ2) is 11.0. The molecule has 3 heterocycles. The van der Waals surface area contributed by atoms with Gasteiger partial charge in [-0.3, -0.25) is 9.36 Å². The lowest BCUT2D eigenvalue weighted by molar-refractivity contribution is 0.0903. The van der Waals surface area contributed by atoms with Crippen LogP contribution in [0.4, 0.5) is 5.95 Å². The van der Waals surface area contributed by atoms with Crippen molar-refractivity contribution in [2.75, 3.05) is 25.1 Å². The topological polar surface area (TPSA) is 143 Å². The summed E-state index contributed by atoms with van der Waals surface area (Å²) in [5, 5.41) is 10.3. The van der Waals surface area contributed by atoms with Gasteiger partial charge in [0.1, 0.15) is 17.8 Å². The van der Waals surface area contributed by atoms with Crippen molar-refractivity contribution in [2.45, 2.75) is 31.8 Å². The lowest BCUT2D eigenvalue weighted by Gasteiger charge is -2.23. The summed E-state index contributed by atoms with van der Waals surface area (Å²) >= 11 is 6.08. The highest BCUT2D eigenvalue weighted by Gasteiger charge is 2.19. The number of nitrogens with one attached hydrogen (secondary N) is 2. The number of aromatic nitrogens is 4. The molecule has 1 aromatic carbocycles. The number of hydrogen-bond acceptors (Lipinski definition) is 7. The fourth-order valence-corrected chi connectivity index (χ4v) is 3.85. The number of halogens is 1. The van der Waals surface area contributed by atoms with Gasteiger partial charge < -0.3 is 15.4 Å². The molecule has 1 amide bonds. The molecule has 1 saturated heterocycles. The van der Waals surface area contributed by atoms with Gasteiger partial charge in [-0.1, -0.05) is 28.8 Å². The van der Waals surface area contributed by atoms with E-state index < -0.39 is 11.9 Å². The normalized spacial score (nSPS) is 14.8. The molecule has 1 fully saturated rings. The first kappa shape index (κ1) is 23.5. The Labute approximate surface area is 201 Å². The third-order valence-corrected chi connectivity index (χ3v) is 5.68. The molecule has 1 atom stereocenters. The summed E-state index contributed by atoms with van der Waals surface area (Å²) in [6.45, 7) is 3.36. The summed E-state index contributed by atoms with van der Waals surface area (Å²) < 4.78 is 7.08. The Morgan fingerprint density at radius 2 is 2.21 bits per heavy atom. The first-order valence-corrected chi connectivity index (χ1v) is 11.2. The van der Waals surface area contributed by atoms with E-state index >= 15 is 0 Å². The number of carbonyl (C=O) groups is 1.